The van der Waals surface area contributed by atoms with Crippen LogP contribution in [0, 0.1) is 0 Å². The Morgan fingerprint density at radius 2 is 2.11 bits per heavy atom. The summed E-state index contributed by atoms with van der Waals surface area (Å²) < 4.78 is 14.3. The van der Waals surface area contributed by atoms with Gasteiger partial charge in [-0.25, -0.2) is 0 Å². The lowest BCUT2D eigenvalue weighted by molar-refractivity contribution is -0.120. The molecule has 2 aromatic carbocycles. The molecule has 2 N–H and O–H groups in total. The van der Waals surface area contributed by atoms with Crippen molar-refractivity contribution in [1.82, 2.24) is 5.32 Å². The molecule has 27 heavy (non-hydrogen) atoms. The number of hydrogen-bond acceptors (Lipinski definition) is 3. The summed E-state index contributed by atoms with van der Waals surface area (Å²) in [5.41, 5.74) is 0.230. The highest BCUT2D eigenvalue weighted by molar-refractivity contribution is 9.10. The van der Waals surface area contributed by atoms with Gasteiger partial charge in [-0.1, -0.05) is 39.7 Å². The number of thiophene rings is 1. The van der Waals surface area contributed by atoms with Crippen molar-refractivity contribution < 1.29 is 14.3 Å². The second-order valence-electron chi connectivity index (χ2n) is 6.07. The zero-order valence-electron chi connectivity index (χ0n) is 14.2. The van der Waals surface area contributed by atoms with Crippen LogP contribution in [0.3, 0.4) is 0 Å². The standard InChI is InChI=1S/C19H16BrClNO3PS/c1-26(24,25)18(16-11-27-17-6-5-14(21)10-15(16)17)19(23)22-8-7-12-3-2-4-13(20)9-12/h2-11,18H,1H3,(H,22,23)(H,24,25). The van der Waals surface area contributed by atoms with E-state index in [2.05, 4.69) is 21.2 Å². The lowest BCUT2D eigenvalue weighted by Gasteiger charge is -2.18. The summed E-state index contributed by atoms with van der Waals surface area (Å²) in [6.07, 6.45) is 3.20. The van der Waals surface area contributed by atoms with E-state index < -0.39 is 18.9 Å². The SMILES string of the molecule is CP(=O)(O)C(C(=O)NC=Cc1cccc(Br)c1)c1csc2ccc(Cl)cc12. The largest absolute Gasteiger partial charge is 0.344 e. The van der Waals surface area contributed by atoms with E-state index >= 15 is 0 Å². The molecule has 0 aliphatic heterocycles. The van der Waals surface area contributed by atoms with Crippen LogP contribution in [0.5, 0.6) is 0 Å². The third-order valence-electron chi connectivity index (χ3n) is 3.94. The Labute approximate surface area is 174 Å². The average molecular weight is 485 g/mol. The summed E-state index contributed by atoms with van der Waals surface area (Å²) in [5, 5.41) is 5.61. The molecule has 3 aromatic rings. The number of hydrogen-bond donors (Lipinski definition) is 2. The van der Waals surface area contributed by atoms with Crippen molar-refractivity contribution >= 4 is 68.3 Å². The lowest BCUT2D eigenvalue weighted by Crippen LogP contribution is -2.25. The van der Waals surface area contributed by atoms with Crippen LogP contribution in [-0.2, 0) is 9.36 Å². The monoisotopic (exact) mass is 483 g/mol. The summed E-state index contributed by atoms with van der Waals surface area (Å²) in [7, 11) is -3.75. The van der Waals surface area contributed by atoms with Gasteiger partial charge in [0.1, 0.15) is 5.66 Å². The molecule has 2 atom stereocenters. The van der Waals surface area contributed by atoms with Crippen molar-refractivity contribution in [2.24, 2.45) is 0 Å². The number of benzene rings is 2. The van der Waals surface area contributed by atoms with Crippen molar-refractivity contribution in [2.45, 2.75) is 5.66 Å². The van der Waals surface area contributed by atoms with E-state index in [1.54, 1.807) is 23.6 Å². The maximum absolute atomic E-state index is 12.7. The first-order valence-electron chi connectivity index (χ1n) is 7.95. The highest BCUT2D eigenvalue weighted by atomic mass is 79.9. The van der Waals surface area contributed by atoms with Crippen LogP contribution in [0.4, 0.5) is 0 Å². The Morgan fingerprint density at radius 1 is 1.33 bits per heavy atom. The number of rotatable bonds is 5. The van der Waals surface area contributed by atoms with Crippen LogP contribution >= 0.6 is 46.2 Å². The number of halogens is 2. The van der Waals surface area contributed by atoms with Crippen molar-refractivity contribution in [2.75, 3.05) is 6.66 Å². The van der Waals surface area contributed by atoms with Crippen molar-refractivity contribution in [3.05, 3.63) is 74.7 Å². The molecule has 0 saturated carbocycles. The van der Waals surface area contributed by atoms with Crippen LogP contribution in [0.15, 0.2) is 58.5 Å². The molecule has 1 heterocycles. The van der Waals surface area contributed by atoms with Gasteiger partial charge in [0.2, 0.25) is 13.3 Å². The zero-order valence-corrected chi connectivity index (χ0v) is 18.3. The quantitative estimate of drug-likeness (QED) is 0.434. The van der Waals surface area contributed by atoms with Crippen LogP contribution in [0.25, 0.3) is 16.2 Å². The van der Waals surface area contributed by atoms with Gasteiger partial charge >= 0.3 is 0 Å². The fraction of sp³-hybridized carbons (Fsp3) is 0.105. The van der Waals surface area contributed by atoms with Crippen LogP contribution < -0.4 is 5.32 Å². The van der Waals surface area contributed by atoms with E-state index in [4.69, 9.17) is 11.6 Å². The molecule has 4 nitrogen and oxygen atoms in total. The molecule has 1 amide bonds. The summed E-state index contributed by atoms with van der Waals surface area (Å²) >= 11 is 10.9. The average Bonchev–Trinajstić information content (AvgIpc) is 2.96. The Kier molecular flexibility index (Phi) is 6.24. The Morgan fingerprint density at radius 3 is 2.81 bits per heavy atom. The summed E-state index contributed by atoms with van der Waals surface area (Å²) in [6.45, 7) is 1.20. The molecule has 0 bridgehead atoms. The fourth-order valence-corrected chi connectivity index (χ4v) is 5.66. The molecule has 0 fully saturated rings. The number of nitrogens with one attached hydrogen (secondary N) is 1. The van der Waals surface area contributed by atoms with Gasteiger partial charge < -0.3 is 10.2 Å². The van der Waals surface area contributed by atoms with Gasteiger partial charge in [-0.15, -0.1) is 11.3 Å². The van der Waals surface area contributed by atoms with Crippen LogP contribution in [-0.4, -0.2) is 17.5 Å². The minimum absolute atomic E-state index is 0.513. The number of carbonyl (C=O) groups excluding carboxylic acids is 1. The van der Waals surface area contributed by atoms with Crippen molar-refractivity contribution in [3.63, 3.8) is 0 Å². The molecule has 0 radical (unpaired) electrons. The Bertz CT molecular complexity index is 1080. The zero-order chi connectivity index (χ0) is 19.6. The number of amides is 1. The van der Waals surface area contributed by atoms with E-state index in [9.17, 15) is 14.3 Å². The van der Waals surface area contributed by atoms with Gasteiger partial charge in [-0.2, -0.15) is 0 Å². The second kappa shape index (κ2) is 8.29. The lowest BCUT2D eigenvalue weighted by atomic mass is 10.1. The molecule has 0 aliphatic rings. The minimum Gasteiger partial charge on any atom is -0.344 e. The van der Waals surface area contributed by atoms with Gasteiger partial charge in [0.25, 0.3) is 0 Å². The maximum atomic E-state index is 12.7. The maximum Gasteiger partial charge on any atom is 0.241 e. The summed E-state index contributed by atoms with van der Waals surface area (Å²) in [6, 6.07) is 12.9. The molecule has 140 valence electrons. The molecule has 1 aromatic heterocycles. The molecular formula is C19H16BrClNO3PS. The number of carbonyl (C=O) groups is 1. The van der Waals surface area contributed by atoms with Gasteiger partial charge in [-0.3, -0.25) is 9.36 Å². The van der Waals surface area contributed by atoms with Crippen LogP contribution in [0.1, 0.15) is 16.8 Å². The highest BCUT2D eigenvalue weighted by Crippen LogP contribution is 2.54. The molecule has 3 rings (SSSR count). The van der Waals surface area contributed by atoms with Gasteiger partial charge in [0.15, 0.2) is 0 Å². The second-order valence-corrected chi connectivity index (χ2v) is 10.7. The summed E-state index contributed by atoms with van der Waals surface area (Å²) in [5.74, 6) is -0.533. The fourth-order valence-electron chi connectivity index (χ4n) is 2.76. The minimum atomic E-state index is -3.75. The topological polar surface area (TPSA) is 66.4 Å². The first-order valence-corrected chi connectivity index (χ1v) is 12.2. The van der Waals surface area contributed by atoms with E-state index in [1.807, 2.05) is 30.3 Å². The molecule has 0 aliphatic carbocycles. The van der Waals surface area contributed by atoms with Crippen molar-refractivity contribution in [3.8, 4) is 0 Å². The molecular weight excluding hydrogens is 469 g/mol. The van der Waals surface area contributed by atoms with E-state index in [-0.39, 0.29) is 0 Å². The van der Waals surface area contributed by atoms with Crippen molar-refractivity contribution in [1.29, 1.82) is 0 Å². The molecule has 0 spiro atoms. The van der Waals surface area contributed by atoms with E-state index in [0.29, 0.717) is 10.6 Å². The predicted molar refractivity (Wildman–Crippen MR) is 117 cm³/mol. The summed E-state index contributed by atoms with van der Waals surface area (Å²) in [4.78, 5) is 23.0. The smallest absolute Gasteiger partial charge is 0.241 e. The molecule has 0 saturated heterocycles. The van der Waals surface area contributed by atoms with Gasteiger partial charge in [0.05, 0.1) is 0 Å². The number of fused-ring (bicyclic) bond motifs is 1. The first-order chi connectivity index (χ1) is 12.8. The first kappa shape index (κ1) is 20.3. The third-order valence-corrected chi connectivity index (χ3v) is 7.12. The van der Waals surface area contributed by atoms with Gasteiger partial charge in [0, 0.05) is 27.1 Å². The van der Waals surface area contributed by atoms with Gasteiger partial charge in [-0.05, 0) is 58.3 Å². The predicted octanol–water partition coefficient (Wildman–Crippen LogP) is 6.05. The van der Waals surface area contributed by atoms with Crippen LogP contribution in [0.2, 0.25) is 5.02 Å². The Balaban J connectivity index is 1.89. The molecule has 8 heteroatoms. The highest BCUT2D eigenvalue weighted by Gasteiger charge is 2.36. The normalized spacial score (nSPS) is 15.0. The Hall–Kier alpha value is -1.43. The molecule has 2 unspecified atom stereocenters. The van der Waals surface area contributed by atoms with E-state index in [0.717, 1.165) is 20.1 Å². The van der Waals surface area contributed by atoms with E-state index in [1.165, 1.54) is 24.2 Å². The third kappa shape index (κ3) is 4.89.